The van der Waals surface area contributed by atoms with Crippen molar-refractivity contribution in [2.45, 2.75) is 0 Å². The minimum Gasteiger partial charge on any atom is -0.439 e. The highest BCUT2D eigenvalue weighted by molar-refractivity contribution is 5.94. The molecule has 8 heteroatoms. The Bertz CT molecular complexity index is 1470. The smallest absolute Gasteiger partial charge is 0.282 e. The van der Waals surface area contributed by atoms with E-state index in [1.807, 2.05) is 0 Å². The van der Waals surface area contributed by atoms with E-state index >= 15 is 0 Å². The highest BCUT2D eigenvalue weighted by Gasteiger charge is 2.13. The molecule has 24 heavy (non-hydrogen) atoms. The Hall–Kier alpha value is -3.68. The first-order valence-electron chi connectivity index (χ1n) is 7.12. The van der Waals surface area contributed by atoms with Gasteiger partial charge >= 0.3 is 0 Å². The van der Waals surface area contributed by atoms with Gasteiger partial charge in [0.15, 0.2) is 5.65 Å². The molecular weight excluding hydrogens is 312 g/mol. The molecule has 0 amide bonds. The molecule has 4 heterocycles. The first-order valence-corrected chi connectivity index (χ1v) is 7.12. The van der Waals surface area contributed by atoms with Gasteiger partial charge in [-0.05, 0) is 18.2 Å². The van der Waals surface area contributed by atoms with Crippen LogP contribution >= 0.6 is 0 Å². The average molecular weight is 320 g/mol. The molecule has 0 atom stereocenters. The topological polar surface area (TPSA) is 113 Å². The predicted octanol–water partition coefficient (Wildman–Crippen LogP) is 1.12. The lowest BCUT2D eigenvalue weighted by Crippen LogP contribution is -2.18. The second kappa shape index (κ2) is 4.19. The zero-order chi connectivity index (χ0) is 16.4. The lowest BCUT2D eigenvalue weighted by molar-refractivity contribution is 0.646. The average Bonchev–Trinajstić information content (AvgIpc) is 2.95. The first-order chi connectivity index (χ1) is 11.6. The number of H-pyrrole nitrogens is 2. The van der Waals surface area contributed by atoms with Crippen LogP contribution in [0.25, 0.3) is 38.7 Å². The number of nitrogens with one attached hydrogen (secondary N) is 2. The SMILES string of the molecule is O=c1cc2nc3[nH]c4oc5ccccc5c(=O)c4cc3c(=O)n2[nH]1. The Labute approximate surface area is 131 Å². The third kappa shape index (κ3) is 1.56. The Morgan fingerprint density at radius 3 is 2.71 bits per heavy atom. The highest BCUT2D eigenvalue weighted by Crippen LogP contribution is 2.19. The van der Waals surface area contributed by atoms with Crippen LogP contribution in [0.3, 0.4) is 0 Å². The Morgan fingerprint density at radius 1 is 1.00 bits per heavy atom. The third-order valence-corrected chi connectivity index (χ3v) is 3.98. The summed E-state index contributed by atoms with van der Waals surface area (Å²) in [6.07, 6.45) is 0. The van der Waals surface area contributed by atoms with E-state index < -0.39 is 11.1 Å². The number of pyridine rings is 1. The molecule has 0 aliphatic carbocycles. The van der Waals surface area contributed by atoms with Crippen LogP contribution in [0.2, 0.25) is 0 Å². The Morgan fingerprint density at radius 2 is 1.83 bits per heavy atom. The molecule has 116 valence electrons. The molecule has 0 fully saturated rings. The molecule has 0 saturated carbocycles. The molecule has 0 aliphatic heterocycles. The van der Waals surface area contributed by atoms with Crippen LogP contribution in [0.15, 0.2) is 55.2 Å². The van der Waals surface area contributed by atoms with Gasteiger partial charge in [0.05, 0.1) is 16.2 Å². The van der Waals surface area contributed by atoms with Gasteiger partial charge in [-0.1, -0.05) is 12.1 Å². The van der Waals surface area contributed by atoms with Crippen molar-refractivity contribution in [3.63, 3.8) is 0 Å². The van der Waals surface area contributed by atoms with E-state index in [2.05, 4.69) is 15.1 Å². The van der Waals surface area contributed by atoms with Crippen LogP contribution in [0, 0.1) is 0 Å². The van der Waals surface area contributed by atoms with Gasteiger partial charge in [-0.3, -0.25) is 19.5 Å². The minimum atomic E-state index is -0.470. The Balaban J connectivity index is 2.06. The normalized spacial score (nSPS) is 11.8. The van der Waals surface area contributed by atoms with Crippen LogP contribution in [0.5, 0.6) is 0 Å². The van der Waals surface area contributed by atoms with E-state index in [9.17, 15) is 14.4 Å². The summed E-state index contributed by atoms with van der Waals surface area (Å²) in [5.74, 6) is 0. The Kier molecular flexibility index (Phi) is 2.24. The number of rotatable bonds is 0. The molecule has 0 aliphatic rings. The van der Waals surface area contributed by atoms with Gasteiger partial charge in [-0.2, -0.15) is 4.52 Å². The quantitative estimate of drug-likeness (QED) is 0.415. The summed E-state index contributed by atoms with van der Waals surface area (Å²) in [5, 5.41) is 3.24. The molecule has 0 spiro atoms. The molecule has 2 N–H and O–H groups in total. The van der Waals surface area contributed by atoms with Gasteiger partial charge in [0.1, 0.15) is 11.2 Å². The summed E-state index contributed by atoms with van der Waals surface area (Å²) in [4.78, 5) is 43.7. The number of fused-ring (bicyclic) bond motifs is 4. The van der Waals surface area contributed by atoms with E-state index in [0.29, 0.717) is 11.0 Å². The number of aromatic amines is 2. The molecule has 5 aromatic rings. The second-order valence-electron chi connectivity index (χ2n) is 5.43. The van der Waals surface area contributed by atoms with Gasteiger partial charge in [0.2, 0.25) is 11.1 Å². The number of hydrogen-bond donors (Lipinski definition) is 2. The fourth-order valence-corrected chi connectivity index (χ4v) is 2.87. The van der Waals surface area contributed by atoms with Crippen molar-refractivity contribution in [3.8, 4) is 0 Å². The summed E-state index contributed by atoms with van der Waals surface area (Å²) in [6.45, 7) is 0. The van der Waals surface area contributed by atoms with Gasteiger partial charge in [0, 0.05) is 6.07 Å². The van der Waals surface area contributed by atoms with Gasteiger partial charge in [-0.25, -0.2) is 4.98 Å². The van der Waals surface area contributed by atoms with Crippen molar-refractivity contribution in [2.75, 3.05) is 0 Å². The summed E-state index contributed by atoms with van der Waals surface area (Å²) in [7, 11) is 0. The van der Waals surface area contributed by atoms with Crippen molar-refractivity contribution >= 4 is 38.7 Å². The summed E-state index contributed by atoms with van der Waals surface area (Å²) < 4.78 is 6.77. The van der Waals surface area contributed by atoms with Gasteiger partial charge < -0.3 is 9.40 Å². The number of aromatic nitrogens is 4. The van der Waals surface area contributed by atoms with E-state index in [1.165, 1.54) is 12.1 Å². The second-order valence-corrected chi connectivity index (χ2v) is 5.43. The maximum Gasteiger partial charge on any atom is 0.282 e. The summed E-state index contributed by atoms with van der Waals surface area (Å²) >= 11 is 0. The maximum atomic E-state index is 12.6. The molecule has 0 unspecified atom stereocenters. The van der Waals surface area contributed by atoms with E-state index in [4.69, 9.17) is 4.42 Å². The highest BCUT2D eigenvalue weighted by atomic mass is 16.3. The largest absolute Gasteiger partial charge is 0.439 e. The van der Waals surface area contributed by atoms with E-state index in [0.717, 1.165) is 4.52 Å². The van der Waals surface area contributed by atoms with Crippen molar-refractivity contribution in [2.24, 2.45) is 0 Å². The lowest BCUT2D eigenvalue weighted by Gasteiger charge is -2.04. The zero-order valence-corrected chi connectivity index (χ0v) is 12.0. The lowest BCUT2D eigenvalue weighted by atomic mass is 10.1. The van der Waals surface area contributed by atoms with E-state index in [1.54, 1.807) is 24.3 Å². The van der Waals surface area contributed by atoms with Crippen LogP contribution < -0.4 is 16.5 Å². The number of benzene rings is 1. The molecule has 4 aromatic heterocycles. The van der Waals surface area contributed by atoms with Crippen LogP contribution in [-0.4, -0.2) is 19.6 Å². The molecular formula is C16H8N4O4. The van der Waals surface area contributed by atoms with Crippen LogP contribution in [0.1, 0.15) is 0 Å². The number of para-hydroxylation sites is 1. The minimum absolute atomic E-state index is 0.185. The van der Waals surface area contributed by atoms with E-state index in [-0.39, 0.29) is 33.2 Å². The van der Waals surface area contributed by atoms with Gasteiger partial charge in [-0.15, -0.1) is 0 Å². The summed E-state index contributed by atoms with van der Waals surface area (Å²) in [6, 6.07) is 9.51. The molecule has 5 rings (SSSR count). The van der Waals surface area contributed by atoms with Crippen molar-refractivity contribution in [1.82, 2.24) is 19.6 Å². The number of hydrogen-bond acceptors (Lipinski definition) is 5. The number of nitrogens with zero attached hydrogens (tertiary/aromatic N) is 2. The molecule has 1 aromatic carbocycles. The monoisotopic (exact) mass is 320 g/mol. The van der Waals surface area contributed by atoms with Crippen molar-refractivity contribution in [3.05, 3.63) is 67.3 Å². The molecule has 8 nitrogen and oxygen atoms in total. The third-order valence-electron chi connectivity index (χ3n) is 3.98. The fourth-order valence-electron chi connectivity index (χ4n) is 2.87. The molecule has 0 radical (unpaired) electrons. The van der Waals surface area contributed by atoms with Crippen LogP contribution in [-0.2, 0) is 0 Å². The molecule has 0 bridgehead atoms. The summed E-state index contributed by atoms with van der Waals surface area (Å²) in [5.41, 5.74) is -0.0545. The van der Waals surface area contributed by atoms with Crippen LogP contribution in [0.4, 0.5) is 0 Å². The molecule has 0 saturated heterocycles. The standard InChI is InChI=1S/C16H8N4O4/c21-12-6-11-17-14-9(16(23)20(11)19-12)5-8-13(22)7-3-1-2-4-10(7)24-15(8)18-14/h1-6H,(H,17,18)(H,19,21). The van der Waals surface area contributed by atoms with Crippen molar-refractivity contribution in [1.29, 1.82) is 0 Å². The maximum absolute atomic E-state index is 12.6. The van der Waals surface area contributed by atoms with Gasteiger partial charge in [0.25, 0.3) is 11.1 Å². The van der Waals surface area contributed by atoms with Crippen molar-refractivity contribution < 1.29 is 4.42 Å². The zero-order valence-electron chi connectivity index (χ0n) is 12.0. The fraction of sp³-hybridized carbons (Fsp3) is 0. The predicted molar refractivity (Wildman–Crippen MR) is 87.5 cm³/mol. The first kappa shape index (κ1) is 12.8.